The SMILES string of the molecule is C[CH]=[Zr+2]([C]1=CC(OCO[Si](C)(C)C)=CC1)[C]1=CC(OCO[Si](C)(C)C)=CC1.[Cl-].[Cl-]. The minimum atomic E-state index is -1.92. The zero-order valence-electron chi connectivity index (χ0n) is 18.6. The average molecular weight is 557 g/mol. The van der Waals surface area contributed by atoms with Crippen molar-refractivity contribution in [2.75, 3.05) is 13.6 Å². The molecule has 0 heterocycles. The molecule has 4 nitrogen and oxygen atoms in total. The zero-order valence-corrected chi connectivity index (χ0v) is 24.6. The van der Waals surface area contributed by atoms with Crippen LogP contribution in [0.15, 0.2) is 42.4 Å². The number of halogens is 2. The van der Waals surface area contributed by atoms with Gasteiger partial charge in [0.2, 0.25) is 0 Å². The molecule has 164 valence electrons. The Balaban J connectivity index is 0.00000392. The number of allylic oxidation sites excluding steroid dienone is 6. The van der Waals surface area contributed by atoms with Crippen LogP contribution in [0.25, 0.3) is 0 Å². The maximum absolute atomic E-state index is 5.82. The van der Waals surface area contributed by atoms with E-state index in [9.17, 15) is 0 Å². The van der Waals surface area contributed by atoms with E-state index in [-0.39, 0.29) is 24.8 Å². The molecule has 0 fully saturated rings. The van der Waals surface area contributed by atoms with E-state index in [4.69, 9.17) is 18.3 Å². The molecule has 0 aromatic heterocycles. The molecular weight excluding hydrogens is 523 g/mol. The van der Waals surface area contributed by atoms with Crippen molar-refractivity contribution < 1.29 is 64.4 Å². The van der Waals surface area contributed by atoms with Crippen molar-refractivity contribution in [2.24, 2.45) is 0 Å². The molecule has 9 heteroatoms. The Morgan fingerprint density at radius 1 is 0.793 bits per heavy atom. The summed E-state index contributed by atoms with van der Waals surface area (Å²) in [5.41, 5.74) is 0. The molecule has 0 unspecified atom stereocenters. The van der Waals surface area contributed by atoms with E-state index in [1.807, 2.05) is 0 Å². The molecule has 0 amide bonds. The molecule has 0 N–H and O–H groups in total. The molecule has 0 saturated carbocycles. The molecule has 0 aromatic rings. The van der Waals surface area contributed by atoms with Crippen molar-refractivity contribution in [2.45, 2.75) is 59.0 Å². The van der Waals surface area contributed by atoms with Crippen molar-refractivity contribution in [3.8, 4) is 0 Å². The molecule has 2 aliphatic rings. The molecule has 0 atom stereocenters. The summed E-state index contributed by atoms with van der Waals surface area (Å²) in [6, 6.07) is 0. The van der Waals surface area contributed by atoms with E-state index in [1.165, 1.54) is 0 Å². The number of hydrogen-bond donors (Lipinski definition) is 0. The molecular formula is C20H34Cl2O4Si2Zr. The van der Waals surface area contributed by atoms with Gasteiger partial charge in [0.25, 0.3) is 0 Å². The number of ether oxygens (including phenoxy) is 2. The van der Waals surface area contributed by atoms with Crippen molar-refractivity contribution in [3.63, 3.8) is 0 Å². The summed E-state index contributed by atoms with van der Waals surface area (Å²) >= 11 is -1.92. The van der Waals surface area contributed by atoms with Gasteiger partial charge in [0.1, 0.15) is 0 Å². The largest absolute Gasteiger partial charge is 1.00 e. The van der Waals surface area contributed by atoms with Gasteiger partial charge in [0, 0.05) is 0 Å². The van der Waals surface area contributed by atoms with E-state index in [1.54, 1.807) is 6.56 Å². The minimum absolute atomic E-state index is 0. The van der Waals surface area contributed by atoms with Crippen LogP contribution >= 0.6 is 0 Å². The van der Waals surface area contributed by atoms with E-state index in [0.29, 0.717) is 13.6 Å². The molecule has 2 rings (SSSR count). The maximum atomic E-state index is 5.82. The normalized spacial score (nSPS) is 15.7. The summed E-state index contributed by atoms with van der Waals surface area (Å²) in [7, 11) is -3.06. The van der Waals surface area contributed by atoms with Crippen LogP contribution in [0.4, 0.5) is 0 Å². The molecule has 0 bridgehead atoms. The summed E-state index contributed by atoms with van der Waals surface area (Å²) in [6.07, 6.45) is 10.9. The monoisotopic (exact) mass is 554 g/mol. The second-order valence-corrected chi connectivity index (χ2v) is 24.3. The predicted molar refractivity (Wildman–Crippen MR) is 114 cm³/mol. The summed E-state index contributed by atoms with van der Waals surface area (Å²) in [5.74, 6) is 1.93. The molecule has 0 radical (unpaired) electrons. The third-order valence-corrected chi connectivity index (χ3v) is 12.6. The van der Waals surface area contributed by atoms with Gasteiger partial charge in [-0.2, -0.15) is 0 Å². The van der Waals surface area contributed by atoms with Crippen molar-refractivity contribution in [1.29, 1.82) is 0 Å². The fourth-order valence-electron chi connectivity index (χ4n) is 2.70. The van der Waals surface area contributed by atoms with Crippen LogP contribution in [0.3, 0.4) is 0 Å². The molecule has 0 spiro atoms. The van der Waals surface area contributed by atoms with Crippen LogP contribution in [0.1, 0.15) is 19.8 Å². The van der Waals surface area contributed by atoms with Gasteiger partial charge in [-0.15, -0.1) is 0 Å². The first-order valence-corrected chi connectivity index (χ1v) is 20.3. The fraction of sp³-hybridized carbons (Fsp3) is 0.550. The van der Waals surface area contributed by atoms with Crippen molar-refractivity contribution in [1.82, 2.24) is 0 Å². The third kappa shape index (κ3) is 10.9. The Morgan fingerprint density at radius 2 is 1.17 bits per heavy atom. The smallest absolute Gasteiger partial charge is 1.00 e. The Hall–Kier alpha value is 0.247. The maximum Gasteiger partial charge on any atom is -1.00 e. The Bertz CT molecular complexity index is 646. The van der Waals surface area contributed by atoms with Crippen LogP contribution in [0, 0.1) is 0 Å². The Morgan fingerprint density at radius 3 is 1.48 bits per heavy atom. The molecule has 29 heavy (non-hydrogen) atoms. The van der Waals surface area contributed by atoms with Crippen LogP contribution in [0.2, 0.25) is 39.3 Å². The summed E-state index contributed by atoms with van der Waals surface area (Å²) in [4.78, 5) is 0. The number of hydrogen-bond acceptors (Lipinski definition) is 4. The second-order valence-electron chi connectivity index (χ2n) is 8.70. The van der Waals surface area contributed by atoms with Gasteiger partial charge in [0.15, 0.2) is 0 Å². The fourth-order valence-corrected chi connectivity index (χ4v) is 9.41. The van der Waals surface area contributed by atoms with Gasteiger partial charge in [-0.1, -0.05) is 0 Å². The van der Waals surface area contributed by atoms with Gasteiger partial charge < -0.3 is 24.8 Å². The second kappa shape index (κ2) is 12.9. The van der Waals surface area contributed by atoms with Gasteiger partial charge in [-0.25, -0.2) is 0 Å². The average Bonchev–Trinajstić information content (AvgIpc) is 3.16. The zero-order chi connectivity index (χ0) is 20.1. The van der Waals surface area contributed by atoms with Gasteiger partial charge in [0.05, 0.1) is 0 Å². The van der Waals surface area contributed by atoms with Crippen LogP contribution < -0.4 is 24.8 Å². The Labute approximate surface area is 198 Å². The van der Waals surface area contributed by atoms with E-state index >= 15 is 0 Å². The van der Waals surface area contributed by atoms with E-state index < -0.39 is 37.9 Å². The first-order chi connectivity index (χ1) is 12.6. The minimum Gasteiger partial charge on any atom is -1.00 e. The first-order valence-electron chi connectivity index (χ1n) is 9.59. The molecule has 0 aliphatic heterocycles. The van der Waals surface area contributed by atoms with E-state index in [2.05, 4.69) is 74.2 Å². The van der Waals surface area contributed by atoms with Crippen molar-refractivity contribution >= 4 is 20.3 Å². The van der Waals surface area contributed by atoms with E-state index in [0.717, 1.165) is 24.4 Å². The summed E-state index contributed by atoms with van der Waals surface area (Å²) in [6.45, 7) is 16.0. The van der Waals surface area contributed by atoms with Gasteiger partial charge >= 0.3 is 175 Å². The van der Waals surface area contributed by atoms with Crippen LogP contribution in [0.5, 0.6) is 0 Å². The molecule has 0 aromatic carbocycles. The van der Waals surface area contributed by atoms with Crippen LogP contribution in [-0.2, 0) is 39.6 Å². The topological polar surface area (TPSA) is 36.9 Å². The Kier molecular flexibility index (Phi) is 13.1. The summed E-state index contributed by atoms with van der Waals surface area (Å²) < 4.78 is 28.8. The van der Waals surface area contributed by atoms with Crippen LogP contribution in [-0.4, -0.2) is 33.9 Å². The first kappa shape index (κ1) is 29.2. The van der Waals surface area contributed by atoms with Gasteiger partial charge in [-0.3, -0.25) is 0 Å². The summed E-state index contributed by atoms with van der Waals surface area (Å²) in [5, 5.41) is 0. The third-order valence-electron chi connectivity index (χ3n) is 4.09. The van der Waals surface area contributed by atoms with Gasteiger partial charge in [-0.05, 0) is 0 Å². The quantitative estimate of drug-likeness (QED) is 0.267. The standard InChI is InChI=1S/2C9H15O2Si.C2H4.2ClH.Zr/c2*1-12(2,3)11-8-10-9-6-4-5-7-9;1-2;;;/h2*6-7H,4,8H2,1-3H3;1H,2H3;2*1H;/q;;;;;+2/p-2. The number of rotatable bonds is 10. The van der Waals surface area contributed by atoms with Crippen molar-refractivity contribution in [3.05, 3.63) is 42.4 Å². The molecule has 0 saturated heterocycles. The predicted octanol–water partition coefficient (Wildman–Crippen LogP) is -0.571. The molecule has 2 aliphatic carbocycles.